The van der Waals surface area contributed by atoms with Crippen LogP contribution in [0.25, 0.3) is 0 Å². The van der Waals surface area contributed by atoms with Crippen LogP contribution < -0.4 is 5.32 Å². The van der Waals surface area contributed by atoms with Crippen molar-refractivity contribution in [3.63, 3.8) is 0 Å². The number of thioether (sulfide) groups is 1. The van der Waals surface area contributed by atoms with Crippen molar-refractivity contribution in [2.75, 3.05) is 33.6 Å². The van der Waals surface area contributed by atoms with Crippen molar-refractivity contribution >= 4 is 46.1 Å². The molecule has 0 aromatic rings. The van der Waals surface area contributed by atoms with Crippen molar-refractivity contribution in [1.82, 2.24) is 10.2 Å². The monoisotopic (exact) mass is 394 g/mol. The summed E-state index contributed by atoms with van der Waals surface area (Å²) in [6.45, 7) is 1.03. The number of guanidine groups is 1. The van der Waals surface area contributed by atoms with E-state index in [0.717, 1.165) is 12.8 Å². The van der Waals surface area contributed by atoms with Gasteiger partial charge in [0.05, 0.1) is 24.1 Å². The average Bonchev–Trinajstić information content (AvgIpc) is 2.91. The number of carbonyl (C=O) groups excluding carboxylic acids is 2. The molecule has 0 fully saturated rings. The van der Waals surface area contributed by atoms with E-state index in [-0.39, 0.29) is 26.7 Å². The summed E-state index contributed by atoms with van der Waals surface area (Å²) in [7, 11) is 2.43. The molecule has 0 saturated heterocycles. The highest BCUT2D eigenvalue weighted by molar-refractivity contribution is 8.23. The second-order valence-corrected chi connectivity index (χ2v) is 6.73. The molecule has 2 aliphatic heterocycles. The van der Waals surface area contributed by atoms with Gasteiger partial charge in [0, 0.05) is 13.1 Å². The van der Waals surface area contributed by atoms with Crippen molar-refractivity contribution in [2.24, 2.45) is 4.99 Å². The summed E-state index contributed by atoms with van der Waals surface area (Å²) in [6.07, 6.45) is 3.33. The number of thiocarbonyl (C=S) groups is 1. The van der Waals surface area contributed by atoms with E-state index in [0.29, 0.717) is 19.0 Å². The van der Waals surface area contributed by atoms with Crippen molar-refractivity contribution in [3.05, 3.63) is 22.5 Å². The number of fused-ring (bicyclic) bond motifs is 1. The van der Waals surface area contributed by atoms with Gasteiger partial charge in [0.15, 0.2) is 0 Å². The second kappa shape index (κ2) is 8.82. The fourth-order valence-corrected chi connectivity index (χ4v) is 3.11. The quantitative estimate of drug-likeness (QED) is 0.326. The SMILES string of the molecule is COC(=O)C1=C(C(=O)OC)N2CCCCN=C2N/C1=C(/C#N)C(=S)SC. The van der Waals surface area contributed by atoms with Gasteiger partial charge in [-0.3, -0.25) is 4.99 Å². The fourth-order valence-electron chi connectivity index (χ4n) is 2.61. The van der Waals surface area contributed by atoms with E-state index >= 15 is 0 Å². The molecule has 0 unspecified atom stereocenters. The lowest BCUT2D eigenvalue weighted by molar-refractivity contribution is -0.140. The molecular weight excluding hydrogens is 376 g/mol. The maximum absolute atomic E-state index is 12.5. The number of nitrogens with one attached hydrogen (secondary N) is 1. The number of aliphatic imine (C=N–C) groups is 1. The highest BCUT2D eigenvalue weighted by atomic mass is 32.2. The Balaban J connectivity index is 2.86. The minimum absolute atomic E-state index is 0.00889. The molecule has 138 valence electrons. The Kier molecular flexibility index (Phi) is 6.76. The number of carbonyl (C=O) groups is 2. The average molecular weight is 394 g/mol. The van der Waals surface area contributed by atoms with Crippen molar-refractivity contribution < 1.29 is 19.1 Å². The molecule has 0 radical (unpaired) electrons. The van der Waals surface area contributed by atoms with Gasteiger partial charge in [0.2, 0.25) is 5.96 Å². The Bertz CT molecular complexity index is 780. The van der Waals surface area contributed by atoms with Crippen LogP contribution in [0.15, 0.2) is 27.5 Å². The Morgan fingerprint density at radius 1 is 1.31 bits per heavy atom. The van der Waals surface area contributed by atoms with E-state index in [1.54, 1.807) is 11.2 Å². The van der Waals surface area contributed by atoms with Gasteiger partial charge in [0.25, 0.3) is 0 Å². The van der Waals surface area contributed by atoms with E-state index in [2.05, 4.69) is 10.3 Å². The molecule has 2 rings (SSSR count). The first-order chi connectivity index (χ1) is 12.5. The lowest BCUT2D eigenvalue weighted by atomic mass is 10.0. The molecule has 1 N–H and O–H groups in total. The van der Waals surface area contributed by atoms with Gasteiger partial charge < -0.3 is 19.7 Å². The first kappa shape index (κ1) is 19.9. The fraction of sp³-hybridized carbons (Fsp3) is 0.438. The number of ether oxygens (including phenoxy) is 2. The molecule has 8 nitrogen and oxygen atoms in total. The maximum Gasteiger partial charge on any atom is 0.355 e. The molecule has 0 aromatic carbocycles. The predicted molar refractivity (Wildman–Crippen MR) is 101 cm³/mol. The predicted octanol–water partition coefficient (Wildman–Crippen LogP) is 1.11. The van der Waals surface area contributed by atoms with Crippen LogP contribution in [0.2, 0.25) is 0 Å². The number of nitriles is 1. The standard InChI is InChI=1S/C16H18N4O4S2/c1-23-13(21)10-11(9(8-17)15(25)26-3)19-16-18-6-4-5-7-20(16)12(10)14(22)24-2/h4-7H2,1-3H3,(H,18,19)/b11-9-. The molecule has 0 atom stereocenters. The van der Waals surface area contributed by atoms with Crippen molar-refractivity contribution in [2.45, 2.75) is 12.8 Å². The van der Waals surface area contributed by atoms with Gasteiger partial charge in [-0.2, -0.15) is 5.26 Å². The number of esters is 2. The molecule has 2 heterocycles. The van der Waals surface area contributed by atoms with Crippen molar-refractivity contribution in [1.29, 1.82) is 5.26 Å². The van der Waals surface area contributed by atoms with Crippen LogP contribution in [-0.4, -0.2) is 60.6 Å². The minimum atomic E-state index is -0.771. The number of methoxy groups -OCH3 is 2. The molecule has 10 heteroatoms. The summed E-state index contributed by atoms with van der Waals surface area (Å²) in [5, 5.41) is 12.6. The summed E-state index contributed by atoms with van der Waals surface area (Å²) in [4.78, 5) is 31.0. The Morgan fingerprint density at radius 2 is 2.00 bits per heavy atom. The molecule has 26 heavy (non-hydrogen) atoms. The van der Waals surface area contributed by atoms with Gasteiger partial charge in [0.1, 0.15) is 22.9 Å². The molecule has 0 aliphatic carbocycles. The Labute approximate surface area is 160 Å². The van der Waals surface area contributed by atoms with Gasteiger partial charge >= 0.3 is 11.9 Å². The minimum Gasteiger partial charge on any atom is -0.465 e. The summed E-state index contributed by atoms with van der Waals surface area (Å²) in [5.41, 5.74) is 0.0791. The maximum atomic E-state index is 12.5. The van der Waals surface area contributed by atoms with E-state index < -0.39 is 11.9 Å². The third-order valence-electron chi connectivity index (χ3n) is 3.82. The Hall–Kier alpha value is -2.38. The summed E-state index contributed by atoms with van der Waals surface area (Å²) in [6, 6.07) is 2.01. The van der Waals surface area contributed by atoms with E-state index in [1.807, 2.05) is 6.07 Å². The highest BCUT2D eigenvalue weighted by Gasteiger charge is 2.39. The summed E-state index contributed by atoms with van der Waals surface area (Å²) >= 11 is 6.42. The number of rotatable bonds is 3. The second-order valence-electron chi connectivity index (χ2n) is 5.25. The molecule has 0 aromatic heterocycles. The molecule has 0 amide bonds. The van der Waals surface area contributed by atoms with Gasteiger partial charge in [-0.25, -0.2) is 9.59 Å². The highest BCUT2D eigenvalue weighted by Crippen LogP contribution is 2.29. The van der Waals surface area contributed by atoms with E-state index in [1.165, 1.54) is 26.0 Å². The zero-order chi connectivity index (χ0) is 19.3. The summed E-state index contributed by atoms with van der Waals surface area (Å²) < 4.78 is 10.0. The van der Waals surface area contributed by atoms with Gasteiger partial charge in [-0.1, -0.05) is 12.2 Å². The van der Waals surface area contributed by atoms with Crippen LogP contribution in [-0.2, 0) is 19.1 Å². The van der Waals surface area contributed by atoms with Gasteiger partial charge in [-0.05, 0) is 19.1 Å². The largest absolute Gasteiger partial charge is 0.465 e. The third-order valence-corrected chi connectivity index (χ3v) is 5.10. The molecule has 0 bridgehead atoms. The molecular formula is C16H18N4O4S2. The zero-order valence-corrected chi connectivity index (χ0v) is 16.3. The topological polar surface area (TPSA) is 104 Å². The lowest BCUT2D eigenvalue weighted by Gasteiger charge is -2.34. The molecule has 2 aliphatic rings. The normalized spacial score (nSPS) is 18.5. The molecule has 0 saturated carbocycles. The number of hydrogen-bond acceptors (Lipinski definition) is 10. The summed E-state index contributed by atoms with van der Waals surface area (Å²) in [5.74, 6) is -1.11. The van der Waals surface area contributed by atoms with Crippen molar-refractivity contribution in [3.8, 4) is 6.07 Å². The van der Waals surface area contributed by atoms with E-state index in [4.69, 9.17) is 21.7 Å². The lowest BCUT2D eigenvalue weighted by Crippen LogP contribution is -2.49. The number of hydrogen-bond donors (Lipinski definition) is 1. The first-order valence-electron chi connectivity index (χ1n) is 7.73. The van der Waals surface area contributed by atoms with Crippen LogP contribution in [0.5, 0.6) is 0 Å². The molecule has 0 spiro atoms. The number of nitrogens with zero attached hydrogens (tertiary/aromatic N) is 3. The van der Waals surface area contributed by atoms with Crippen LogP contribution in [0, 0.1) is 11.3 Å². The smallest absolute Gasteiger partial charge is 0.355 e. The first-order valence-corrected chi connectivity index (χ1v) is 9.36. The van der Waals surface area contributed by atoms with Crippen LogP contribution >= 0.6 is 24.0 Å². The van der Waals surface area contributed by atoms with Crippen LogP contribution in [0.4, 0.5) is 0 Å². The van der Waals surface area contributed by atoms with Gasteiger partial charge in [-0.15, -0.1) is 11.8 Å². The zero-order valence-electron chi connectivity index (χ0n) is 14.6. The third kappa shape index (κ3) is 3.73. The van der Waals surface area contributed by atoms with E-state index in [9.17, 15) is 14.9 Å². The van der Waals surface area contributed by atoms with Crippen LogP contribution in [0.3, 0.4) is 0 Å². The van der Waals surface area contributed by atoms with Crippen LogP contribution in [0.1, 0.15) is 12.8 Å². The Morgan fingerprint density at radius 3 is 2.58 bits per heavy atom.